The van der Waals surface area contributed by atoms with Crippen molar-refractivity contribution in [2.24, 2.45) is 0 Å². The van der Waals surface area contributed by atoms with E-state index in [2.05, 4.69) is 21.2 Å². The molecule has 0 unspecified atom stereocenters. The molecule has 1 aliphatic rings. The summed E-state index contributed by atoms with van der Waals surface area (Å²) in [4.78, 5) is 30.4. The second kappa shape index (κ2) is 16.4. The summed E-state index contributed by atoms with van der Waals surface area (Å²) in [6.07, 6.45) is 4.07. The first-order valence-corrected chi connectivity index (χ1v) is 18.5. The smallest absolute Gasteiger partial charge is 0.264 e. The zero-order chi connectivity index (χ0) is 35.0. The number of ether oxygens (including phenoxy) is 2. The van der Waals surface area contributed by atoms with Gasteiger partial charge in [0.1, 0.15) is 24.1 Å². The van der Waals surface area contributed by atoms with E-state index >= 15 is 0 Å². The Kier molecular flexibility index (Phi) is 12.0. The van der Waals surface area contributed by atoms with Crippen LogP contribution < -0.4 is 19.1 Å². The lowest BCUT2D eigenvalue weighted by atomic mass is 10.0. The van der Waals surface area contributed by atoms with Crippen LogP contribution in [-0.4, -0.2) is 58.0 Å². The van der Waals surface area contributed by atoms with Crippen LogP contribution in [0.25, 0.3) is 0 Å². The van der Waals surface area contributed by atoms with E-state index in [-0.39, 0.29) is 29.8 Å². The van der Waals surface area contributed by atoms with Gasteiger partial charge in [0.05, 0.1) is 29.3 Å². The molecule has 2 amide bonds. The summed E-state index contributed by atoms with van der Waals surface area (Å²) >= 11 is 3.40. The number of methoxy groups -OCH3 is 2. The van der Waals surface area contributed by atoms with Gasteiger partial charge in [-0.2, -0.15) is 0 Å². The Bertz CT molecular complexity index is 1850. The average Bonchev–Trinajstić information content (AvgIpc) is 3.62. The van der Waals surface area contributed by atoms with Crippen molar-refractivity contribution < 1.29 is 27.5 Å². The van der Waals surface area contributed by atoms with Gasteiger partial charge < -0.3 is 19.7 Å². The quantitative estimate of drug-likeness (QED) is 0.155. The van der Waals surface area contributed by atoms with Gasteiger partial charge in [0.2, 0.25) is 11.8 Å². The highest BCUT2D eigenvalue weighted by Crippen LogP contribution is 2.31. The fraction of sp³-hybridized carbons (Fsp3) is 0.316. The van der Waals surface area contributed by atoms with Gasteiger partial charge in [-0.15, -0.1) is 0 Å². The molecule has 0 saturated heterocycles. The molecule has 1 aliphatic carbocycles. The Morgan fingerprint density at radius 2 is 1.57 bits per heavy atom. The molecule has 1 atom stereocenters. The third-order valence-electron chi connectivity index (χ3n) is 8.77. The molecule has 1 N–H and O–H groups in total. The summed E-state index contributed by atoms with van der Waals surface area (Å²) in [6, 6.07) is 27.4. The van der Waals surface area contributed by atoms with Gasteiger partial charge in [-0.05, 0) is 89.3 Å². The van der Waals surface area contributed by atoms with Crippen molar-refractivity contribution in [3.05, 3.63) is 118 Å². The van der Waals surface area contributed by atoms with Gasteiger partial charge >= 0.3 is 0 Å². The zero-order valence-corrected chi connectivity index (χ0v) is 30.4. The van der Waals surface area contributed by atoms with Crippen LogP contribution in [0.1, 0.15) is 42.4 Å². The molecular formula is C38H42BrN3O6S. The fourth-order valence-electron chi connectivity index (χ4n) is 6.06. The maximum atomic E-state index is 14.8. The Hall–Kier alpha value is -4.35. The van der Waals surface area contributed by atoms with Crippen LogP contribution in [0.3, 0.4) is 0 Å². The van der Waals surface area contributed by atoms with Crippen molar-refractivity contribution in [2.75, 3.05) is 25.1 Å². The Labute approximate surface area is 297 Å². The third kappa shape index (κ3) is 9.01. The molecule has 0 bridgehead atoms. The monoisotopic (exact) mass is 747 g/mol. The maximum absolute atomic E-state index is 14.8. The number of halogens is 1. The van der Waals surface area contributed by atoms with Crippen molar-refractivity contribution in [3.63, 3.8) is 0 Å². The number of hydrogen-bond acceptors (Lipinski definition) is 6. The van der Waals surface area contributed by atoms with Crippen LogP contribution in [0.4, 0.5) is 5.69 Å². The van der Waals surface area contributed by atoms with E-state index in [1.807, 2.05) is 61.5 Å². The number of nitrogens with one attached hydrogen (secondary N) is 1. The highest BCUT2D eigenvalue weighted by Gasteiger charge is 2.36. The number of anilines is 1. The van der Waals surface area contributed by atoms with Crippen molar-refractivity contribution in [3.8, 4) is 11.5 Å². The largest absolute Gasteiger partial charge is 0.497 e. The topological polar surface area (TPSA) is 105 Å². The molecule has 9 nitrogen and oxygen atoms in total. The number of amides is 2. The van der Waals surface area contributed by atoms with E-state index in [0.717, 1.165) is 46.7 Å². The van der Waals surface area contributed by atoms with E-state index < -0.39 is 28.5 Å². The molecule has 258 valence electrons. The van der Waals surface area contributed by atoms with Gasteiger partial charge in [0.15, 0.2) is 0 Å². The van der Waals surface area contributed by atoms with E-state index in [9.17, 15) is 18.0 Å². The highest BCUT2D eigenvalue weighted by atomic mass is 79.9. The minimum absolute atomic E-state index is 0.0206. The minimum Gasteiger partial charge on any atom is -0.497 e. The molecule has 1 fully saturated rings. The first-order chi connectivity index (χ1) is 23.6. The second-order valence-electron chi connectivity index (χ2n) is 12.2. The number of carbonyl (C=O) groups is 2. The van der Waals surface area contributed by atoms with Gasteiger partial charge in [-0.3, -0.25) is 13.9 Å². The third-order valence-corrected chi connectivity index (χ3v) is 11.2. The molecule has 5 rings (SSSR count). The molecule has 0 spiro atoms. The van der Waals surface area contributed by atoms with Crippen LogP contribution in [0.5, 0.6) is 11.5 Å². The second-order valence-corrected chi connectivity index (χ2v) is 14.9. The van der Waals surface area contributed by atoms with E-state index in [1.165, 1.54) is 24.1 Å². The van der Waals surface area contributed by atoms with Gasteiger partial charge in [-0.25, -0.2) is 8.42 Å². The number of hydrogen-bond donors (Lipinski definition) is 1. The zero-order valence-electron chi connectivity index (χ0n) is 28.0. The van der Waals surface area contributed by atoms with Gasteiger partial charge in [0.25, 0.3) is 10.0 Å². The van der Waals surface area contributed by atoms with Crippen LogP contribution in [-0.2, 0) is 32.6 Å². The van der Waals surface area contributed by atoms with Crippen LogP contribution >= 0.6 is 15.9 Å². The summed E-state index contributed by atoms with van der Waals surface area (Å²) in [7, 11) is -1.21. The molecule has 1 saturated carbocycles. The van der Waals surface area contributed by atoms with E-state index in [1.54, 1.807) is 37.4 Å². The van der Waals surface area contributed by atoms with Gasteiger partial charge in [-0.1, -0.05) is 73.0 Å². The van der Waals surface area contributed by atoms with Gasteiger partial charge in [0, 0.05) is 19.0 Å². The summed E-state index contributed by atoms with van der Waals surface area (Å²) in [5, 5.41) is 3.20. The summed E-state index contributed by atoms with van der Waals surface area (Å²) in [5.41, 5.74) is 2.87. The predicted molar refractivity (Wildman–Crippen MR) is 194 cm³/mol. The standard InChI is InChI=1S/C38H42BrN3O6S/c1-27-16-18-31(19-17-27)42(49(45,46)33-20-21-36(48-3)34(39)24-33)26-37(43)41(25-29-12-9-15-32(22-29)47-2)35(23-28-10-5-4-6-11-28)38(44)40-30-13-7-8-14-30/h4-6,9-12,15-22,24,30,35H,7-8,13-14,23,25-26H2,1-3H3,(H,40,44)/t35-/m1/s1. The minimum atomic E-state index is -4.27. The molecule has 4 aromatic rings. The summed E-state index contributed by atoms with van der Waals surface area (Å²) in [6.45, 7) is 1.42. The van der Waals surface area contributed by atoms with Crippen molar-refractivity contribution in [2.45, 2.75) is 62.6 Å². The molecule has 49 heavy (non-hydrogen) atoms. The first kappa shape index (κ1) is 35.9. The Morgan fingerprint density at radius 1 is 0.878 bits per heavy atom. The Morgan fingerprint density at radius 3 is 2.22 bits per heavy atom. The van der Waals surface area contributed by atoms with Crippen molar-refractivity contribution in [1.82, 2.24) is 10.2 Å². The van der Waals surface area contributed by atoms with Crippen molar-refractivity contribution in [1.29, 1.82) is 0 Å². The number of benzene rings is 4. The first-order valence-electron chi connectivity index (χ1n) is 16.3. The SMILES string of the molecule is COc1cccc(CN(C(=O)CN(c2ccc(C)cc2)S(=O)(=O)c2ccc(OC)c(Br)c2)[C@H](Cc2ccccc2)C(=O)NC2CCCC2)c1. The number of nitrogens with zero attached hydrogens (tertiary/aromatic N) is 2. The number of carbonyl (C=O) groups excluding carboxylic acids is 2. The molecule has 0 aliphatic heterocycles. The molecule has 11 heteroatoms. The van der Waals surface area contributed by atoms with Crippen LogP contribution in [0.15, 0.2) is 106 Å². The highest BCUT2D eigenvalue weighted by molar-refractivity contribution is 9.10. The number of sulfonamides is 1. The molecule has 4 aromatic carbocycles. The molecule has 0 aromatic heterocycles. The Balaban J connectivity index is 1.58. The van der Waals surface area contributed by atoms with E-state index in [4.69, 9.17) is 9.47 Å². The normalized spacial score (nSPS) is 13.8. The molecule has 0 radical (unpaired) electrons. The van der Waals surface area contributed by atoms with Crippen molar-refractivity contribution >= 4 is 43.5 Å². The molecular weight excluding hydrogens is 706 g/mol. The molecule has 0 heterocycles. The lowest BCUT2D eigenvalue weighted by Gasteiger charge is -2.34. The maximum Gasteiger partial charge on any atom is 0.264 e. The lowest BCUT2D eigenvalue weighted by molar-refractivity contribution is -0.140. The van der Waals surface area contributed by atoms with Crippen LogP contribution in [0.2, 0.25) is 0 Å². The van der Waals surface area contributed by atoms with Crippen LogP contribution in [0, 0.1) is 6.92 Å². The van der Waals surface area contributed by atoms with E-state index in [0.29, 0.717) is 21.7 Å². The lowest BCUT2D eigenvalue weighted by Crippen LogP contribution is -2.54. The average molecular weight is 749 g/mol. The predicted octanol–water partition coefficient (Wildman–Crippen LogP) is 6.67. The summed E-state index contributed by atoms with van der Waals surface area (Å²) in [5.74, 6) is 0.283. The number of rotatable bonds is 14. The fourth-order valence-corrected chi connectivity index (χ4v) is 8.20. The number of aryl methyl sites for hydroxylation is 1. The summed E-state index contributed by atoms with van der Waals surface area (Å²) < 4.78 is 41.1.